The Hall–Kier alpha value is -3.07. The Bertz CT molecular complexity index is 1030. The van der Waals surface area contributed by atoms with Crippen molar-refractivity contribution in [3.05, 3.63) is 52.9 Å². The van der Waals surface area contributed by atoms with Gasteiger partial charge < -0.3 is 18.7 Å². The molecule has 3 heterocycles. The van der Waals surface area contributed by atoms with Gasteiger partial charge in [0.2, 0.25) is 0 Å². The maximum Gasteiger partial charge on any atom is 0.259 e. The molecular formula is C22H25FN4O4. The van der Waals surface area contributed by atoms with E-state index in [1.807, 2.05) is 4.90 Å². The monoisotopic (exact) mass is 428 g/mol. The summed E-state index contributed by atoms with van der Waals surface area (Å²) < 4.78 is 29.2. The summed E-state index contributed by atoms with van der Waals surface area (Å²) >= 11 is 0. The number of methoxy groups -OCH3 is 1. The second-order valence-corrected chi connectivity index (χ2v) is 7.94. The summed E-state index contributed by atoms with van der Waals surface area (Å²) in [4.78, 5) is 19.4. The maximum atomic E-state index is 13.2. The van der Waals surface area contributed by atoms with Crippen molar-refractivity contribution < 1.29 is 23.0 Å². The van der Waals surface area contributed by atoms with E-state index < -0.39 is 0 Å². The van der Waals surface area contributed by atoms with Crippen LogP contribution >= 0.6 is 0 Å². The van der Waals surface area contributed by atoms with Crippen LogP contribution in [0.3, 0.4) is 0 Å². The molecule has 2 aromatic heterocycles. The molecule has 1 saturated heterocycles. The number of aromatic nitrogens is 3. The first-order valence-corrected chi connectivity index (χ1v) is 10.2. The van der Waals surface area contributed by atoms with Crippen LogP contribution in [0, 0.1) is 19.7 Å². The van der Waals surface area contributed by atoms with Crippen LogP contribution in [-0.2, 0) is 10.2 Å². The fraction of sp³-hybridized carbons (Fsp3) is 0.455. The zero-order chi connectivity index (χ0) is 22.0. The van der Waals surface area contributed by atoms with E-state index in [0.717, 1.165) is 0 Å². The molecule has 0 unspecified atom stereocenters. The SMILES string of the molecule is COCCC1(c2noc(-c3ccc(F)cc3)n2)CCN(C(=O)c2c(C)noc2C)CC1. The minimum absolute atomic E-state index is 0.0725. The fourth-order valence-electron chi connectivity index (χ4n) is 4.12. The normalized spacial score (nSPS) is 15.9. The van der Waals surface area contributed by atoms with Crippen molar-refractivity contribution in [3.63, 3.8) is 0 Å². The van der Waals surface area contributed by atoms with Crippen molar-refractivity contribution in [3.8, 4) is 11.5 Å². The first-order valence-electron chi connectivity index (χ1n) is 10.2. The highest BCUT2D eigenvalue weighted by Crippen LogP contribution is 2.38. The average Bonchev–Trinajstić information content (AvgIpc) is 3.40. The summed E-state index contributed by atoms with van der Waals surface area (Å²) in [6.07, 6.45) is 2.06. The van der Waals surface area contributed by atoms with Gasteiger partial charge in [0.25, 0.3) is 11.8 Å². The van der Waals surface area contributed by atoms with Gasteiger partial charge in [0.05, 0.1) is 5.69 Å². The van der Waals surface area contributed by atoms with Crippen LogP contribution < -0.4 is 0 Å². The number of amides is 1. The number of aryl methyl sites for hydroxylation is 2. The topological polar surface area (TPSA) is 94.5 Å². The summed E-state index contributed by atoms with van der Waals surface area (Å²) in [5.41, 5.74) is 1.42. The molecular weight excluding hydrogens is 403 g/mol. The quantitative estimate of drug-likeness (QED) is 0.591. The molecule has 8 nitrogen and oxygen atoms in total. The number of nitrogens with zero attached hydrogens (tertiary/aromatic N) is 4. The van der Waals surface area contributed by atoms with E-state index in [0.29, 0.717) is 73.3 Å². The Balaban J connectivity index is 1.55. The highest BCUT2D eigenvalue weighted by atomic mass is 19.1. The van der Waals surface area contributed by atoms with E-state index in [1.54, 1.807) is 33.1 Å². The molecule has 1 aliphatic rings. The molecule has 0 radical (unpaired) electrons. The fourth-order valence-corrected chi connectivity index (χ4v) is 4.12. The predicted molar refractivity (Wildman–Crippen MR) is 109 cm³/mol. The van der Waals surface area contributed by atoms with E-state index in [9.17, 15) is 9.18 Å². The van der Waals surface area contributed by atoms with Crippen molar-refractivity contribution in [2.75, 3.05) is 26.8 Å². The Morgan fingerprint density at radius 1 is 1.16 bits per heavy atom. The lowest BCUT2D eigenvalue weighted by Gasteiger charge is -2.39. The highest BCUT2D eigenvalue weighted by Gasteiger charge is 2.41. The number of likely N-dealkylation sites (tertiary alicyclic amines) is 1. The van der Waals surface area contributed by atoms with Gasteiger partial charge >= 0.3 is 0 Å². The number of ether oxygens (including phenoxy) is 1. The smallest absolute Gasteiger partial charge is 0.259 e. The number of carbonyl (C=O) groups is 1. The standard InChI is InChI=1S/C22H25FN4O4/c1-14-18(15(2)30-25-14)20(28)27-11-8-22(9-12-27,10-13-29-3)21-24-19(31-26-21)16-4-6-17(23)7-5-16/h4-7H,8-13H2,1-3H3. The Morgan fingerprint density at radius 2 is 1.87 bits per heavy atom. The van der Waals surface area contributed by atoms with Gasteiger partial charge in [0.1, 0.15) is 17.1 Å². The molecule has 0 aliphatic carbocycles. The van der Waals surface area contributed by atoms with Crippen molar-refractivity contribution in [1.82, 2.24) is 20.2 Å². The lowest BCUT2D eigenvalue weighted by atomic mass is 9.75. The van der Waals surface area contributed by atoms with Gasteiger partial charge in [-0.25, -0.2) is 4.39 Å². The van der Waals surface area contributed by atoms with Gasteiger partial charge in [-0.2, -0.15) is 4.98 Å². The first kappa shape index (κ1) is 21.2. The minimum Gasteiger partial charge on any atom is -0.385 e. The molecule has 0 N–H and O–H groups in total. The predicted octanol–water partition coefficient (Wildman–Crippen LogP) is 3.69. The zero-order valence-corrected chi connectivity index (χ0v) is 17.9. The van der Waals surface area contributed by atoms with Crippen LogP contribution in [0.4, 0.5) is 4.39 Å². The average molecular weight is 428 g/mol. The molecule has 1 aliphatic heterocycles. The zero-order valence-electron chi connectivity index (χ0n) is 17.9. The van der Waals surface area contributed by atoms with Crippen LogP contribution in [0.15, 0.2) is 33.3 Å². The number of rotatable bonds is 6. The molecule has 9 heteroatoms. The van der Waals surface area contributed by atoms with Gasteiger partial charge in [-0.05, 0) is 57.4 Å². The third-order valence-corrected chi connectivity index (χ3v) is 6.03. The van der Waals surface area contributed by atoms with Gasteiger partial charge in [-0.3, -0.25) is 4.79 Å². The lowest BCUT2D eigenvalue weighted by molar-refractivity contribution is 0.0614. The molecule has 164 valence electrons. The molecule has 1 fully saturated rings. The summed E-state index contributed by atoms with van der Waals surface area (Å²) in [7, 11) is 1.66. The number of benzene rings is 1. The van der Waals surface area contributed by atoms with Gasteiger partial charge in [-0.15, -0.1) is 0 Å². The third-order valence-electron chi connectivity index (χ3n) is 6.03. The van der Waals surface area contributed by atoms with Crippen molar-refractivity contribution in [2.45, 2.75) is 38.5 Å². The Labute approximate surface area is 179 Å². The van der Waals surface area contributed by atoms with Crippen LogP contribution in [0.2, 0.25) is 0 Å². The van der Waals surface area contributed by atoms with Crippen molar-refractivity contribution in [2.24, 2.45) is 0 Å². The van der Waals surface area contributed by atoms with Crippen molar-refractivity contribution >= 4 is 5.91 Å². The highest BCUT2D eigenvalue weighted by molar-refractivity contribution is 5.96. The number of piperidine rings is 1. The van der Waals surface area contributed by atoms with Gasteiger partial charge in [-0.1, -0.05) is 10.3 Å². The van der Waals surface area contributed by atoms with Crippen LogP contribution in [0.25, 0.3) is 11.5 Å². The molecule has 4 rings (SSSR count). The largest absolute Gasteiger partial charge is 0.385 e. The van der Waals surface area contributed by atoms with Crippen LogP contribution in [0.5, 0.6) is 0 Å². The van der Waals surface area contributed by atoms with Crippen LogP contribution in [0.1, 0.15) is 46.9 Å². The summed E-state index contributed by atoms with van der Waals surface area (Å²) in [6.45, 7) is 5.15. The van der Waals surface area contributed by atoms with Crippen molar-refractivity contribution in [1.29, 1.82) is 0 Å². The Morgan fingerprint density at radius 3 is 2.48 bits per heavy atom. The maximum absolute atomic E-state index is 13.2. The second-order valence-electron chi connectivity index (χ2n) is 7.94. The summed E-state index contributed by atoms with van der Waals surface area (Å²) in [6, 6.07) is 5.94. The van der Waals surface area contributed by atoms with Crippen LogP contribution in [-0.4, -0.2) is 52.9 Å². The number of carbonyl (C=O) groups excluding carboxylic acids is 1. The first-order chi connectivity index (χ1) is 14.9. The van der Waals surface area contributed by atoms with Gasteiger partial charge in [0, 0.05) is 37.8 Å². The lowest BCUT2D eigenvalue weighted by Crippen LogP contribution is -2.46. The van der Waals surface area contributed by atoms with E-state index >= 15 is 0 Å². The van der Waals surface area contributed by atoms with E-state index in [2.05, 4.69) is 15.3 Å². The molecule has 0 saturated carbocycles. The Kier molecular flexibility index (Phi) is 5.86. The number of hydrogen-bond acceptors (Lipinski definition) is 7. The second kappa shape index (κ2) is 8.58. The number of halogens is 1. The molecule has 1 amide bonds. The molecule has 0 spiro atoms. The molecule has 1 aromatic carbocycles. The van der Waals surface area contributed by atoms with Gasteiger partial charge in [0.15, 0.2) is 5.82 Å². The molecule has 0 atom stereocenters. The van der Waals surface area contributed by atoms with E-state index in [4.69, 9.17) is 13.8 Å². The third kappa shape index (κ3) is 4.10. The number of hydrogen-bond donors (Lipinski definition) is 0. The minimum atomic E-state index is -0.368. The summed E-state index contributed by atoms with van der Waals surface area (Å²) in [5, 5.41) is 8.14. The van der Waals surface area contributed by atoms with E-state index in [1.165, 1.54) is 12.1 Å². The summed E-state index contributed by atoms with van der Waals surface area (Å²) in [5.74, 6) is 1.07. The van der Waals surface area contributed by atoms with E-state index in [-0.39, 0.29) is 17.1 Å². The molecule has 31 heavy (non-hydrogen) atoms. The molecule has 0 bridgehead atoms. The molecule has 3 aromatic rings.